The molecule has 0 spiro atoms. The molecule has 0 aromatic heterocycles. The lowest BCUT2D eigenvalue weighted by Crippen LogP contribution is -1.90. The van der Waals surface area contributed by atoms with Crippen LogP contribution in [0, 0.1) is 11.3 Å². The monoisotopic (exact) mass is 311 g/mol. The van der Waals surface area contributed by atoms with Gasteiger partial charge in [-0.15, -0.1) is 11.6 Å². The van der Waals surface area contributed by atoms with Crippen LogP contribution in [0.3, 0.4) is 0 Å². The molecular formula is C14H8Cl3NO. The molecule has 0 fully saturated rings. The third-order valence-corrected chi connectivity index (χ3v) is 3.49. The second-order valence-corrected chi connectivity index (χ2v) is 4.84. The number of alkyl halides is 1. The van der Waals surface area contributed by atoms with E-state index in [4.69, 9.17) is 44.8 Å². The maximum absolute atomic E-state index is 9.09. The van der Waals surface area contributed by atoms with Crippen LogP contribution in [-0.4, -0.2) is 0 Å². The molecule has 0 saturated heterocycles. The molecule has 19 heavy (non-hydrogen) atoms. The largest absolute Gasteiger partial charge is 0.456 e. The van der Waals surface area contributed by atoms with E-state index < -0.39 is 0 Å². The van der Waals surface area contributed by atoms with Crippen LogP contribution in [-0.2, 0) is 5.88 Å². The van der Waals surface area contributed by atoms with Gasteiger partial charge >= 0.3 is 0 Å². The first kappa shape index (κ1) is 14.0. The molecule has 2 aromatic carbocycles. The number of halogens is 3. The predicted octanol–water partition coefficient (Wildman–Crippen LogP) is 5.40. The van der Waals surface area contributed by atoms with Crippen LogP contribution in [0.1, 0.15) is 11.1 Å². The van der Waals surface area contributed by atoms with Gasteiger partial charge < -0.3 is 4.74 Å². The highest BCUT2D eigenvalue weighted by Gasteiger charge is 2.07. The van der Waals surface area contributed by atoms with Gasteiger partial charge in [-0.1, -0.05) is 29.3 Å². The Balaban J connectivity index is 2.33. The summed E-state index contributed by atoms with van der Waals surface area (Å²) in [4.78, 5) is 0. The molecule has 0 bridgehead atoms. The van der Waals surface area contributed by atoms with E-state index in [1.807, 2.05) is 0 Å². The summed E-state index contributed by atoms with van der Waals surface area (Å²) in [6.45, 7) is 0. The van der Waals surface area contributed by atoms with Crippen LogP contribution >= 0.6 is 34.8 Å². The minimum atomic E-state index is 0.349. The number of nitriles is 1. The summed E-state index contributed by atoms with van der Waals surface area (Å²) in [5.41, 5.74) is 1.28. The van der Waals surface area contributed by atoms with Crippen molar-refractivity contribution in [1.29, 1.82) is 5.26 Å². The number of nitrogens with zero attached hydrogens (tertiary/aromatic N) is 1. The summed E-state index contributed by atoms with van der Waals surface area (Å²) < 4.78 is 5.63. The van der Waals surface area contributed by atoms with Crippen LogP contribution < -0.4 is 4.74 Å². The van der Waals surface area contributed by atoms with Gasteiger partial charge in [-0.05, 0) is 29.8 Å². The predicted molar refractivity (Wildman–Crippen MR) is 77.3 cm³/mol. The van der Waals surface area contributed by atoms with Gasteiger partial charge in [-0.2, -0.15) is 5.26 Å². The Bertz CT molecular complexity index is 650. The van der Waals surface area contributed by atoms with E-state index in [0.29, 0.717) is 33.0 Å². The summed E-state index contributed by atoms with van der Waals surface area (Å²) >= 11 is 17.5. The van der Waals surface area contributed by atoms with Gasteiger partial charge in [0.15, 0.2) is 0 Å². The Morgan fingerprint density at radius 2 is 1.84 bits per heavy atom. The topological polar surface area (TPSA) is 33.0 Å². The smallest absolute Gasteiger partial charge is 0.145 e. The molecule has 0 aliphatic rings. The molecule has 0 N–H and O–H groups in total. The zero-order chi connectivity index (χ0) is 13.8. The van der Waals surface area contributed by atoms with Crippen molar-refractivity contribution in [1.82, 2.24) is 0 Å². The van der Waals surface area contributed by atoms with Crippen molar-refractivity contribution in [3.8, 4) is 17.6 Å². The molecule has 0 saturated carbocycles. The fourth-order valence-corrected chi connectivity index (χ4v) is 1.96. The minimum Gasteiger partial charge on any atom is -0.456 e. The molecule has 96 valence electrons. The fourth-order valence-electron chi connectivity index (χ4n) is 1.50. The van der Waals surface area contributed by atoms with Crippen LogP contribution in [0.15, 0.2) is 36.4 Å². The molecular weight excluding hydrogens is 305 g/mol. The van der Waals surface area contributed by atoms with Gasteiger partial charge in [-0.3, -0.25) is 0 Å². The molecule has 2 aromatic rings. The molecule has 0 atom stereocenters. The normalized spacial score (nSPS) is 10.0. The van der Waals surface area contributed by atoms with Crippen molar-refractivity contribution < 1.29 is 4.74 Å². The fraction of sp³-hybridized carbons (Fsp3) is 0.0714. The van der Waals surface area contributed by atoms with Crippen molar-refractivity contribution >= 4 is 34.8 Å². The van der Waals surface area contributed by atoms with Crippen molar-refractivity contribution in [3.63, 3.8) is 0 Å². The van der Waals surface area contributed by atoms with E-state index in [0.717, 1.165) is 5.56 Å². The summed E-state index contributed by atoms with van der Waals surface area (Å²) in [7, 11) is 0. The van der Waals surface area contributed by atoms with E-state index in [1.165, 1.54) is 0 Å². The van der Waals surface area contributed by atoms with E-state index in [-0.39, 0.29) is 0 Å². The number of ether oxygens (including phenoxy) is 1. The zero-order valence-corrected chi connectivity index (χ0v) is 11.9. The average Bonchev–Trinajstić information content (AvgIpc) is 2.43. The maximum atomic E-state index is 9.09. The standard InChI is InChI=1S/C14H8Cl3NO/c15-7-9-1-4-14(10(5-9)8-18)19-11-2-3-12(16)13(17)6-11/h1-6H,7H2. The van der Waals surface area contributed by atoms with Gasteiger partial charge in [0.05, 0.1) is 15.6 Å². The van der Waals surface area contributed by atoms with Crippen molar-refractivity contribution in [2.45, 2.75) is 5.88 Å². The lowest BCUT2D eigenvalue weighted by atomic mass is 10.1. The highest BCUT2D eigenvalue weighted by atomic mass is 35.5. The molecule has 0 radical (unpaired) electrons. The number of rotatable bonds is 3. The molecule has 2 rings (SSSR count). The molecule has 5 heteroatoms. The molecule has 0 heterocycles. The van der Waals surface area contributed by atoms with E-state index in [9.17, 15) is 0 Å². The van der Waals surface area contributed by atoms with Gasteiger partial charge in [0.2, 0.25) is 0 Å². The third-order valence-electron chi connectivity index (χ3n) is 2.44. The highest BCUT2D eigenvalue weighted by molar-refractivity contribution is 6.42. The first-order valence-electron chi connectivity index (χ1n) is 5.36. The second kappa shape index (κ2) is 6.16. The van der Waals surface area contributed by atoms with Crippen molar-refractivity contribution in [2.75, 3.05) is 0 Å². The third kappa shape index (κ3) is 3.33. The molecule has 0 aliphatic carbocycles. The summed E-state index contributed by atoms with van der Waals surface area (Å²) in [6, 6.07) is 12.2. The van der Waals surface area contributed by atoms with Gasteiger partial charge in [0.1, 0.15) is 17.6 Å². The average molecular weight is 313 g/mol. The van der Waals surface area contributed by atoms with Crippen LogP contribution in [0.2, 0.25) is 10.0 Å². The lowest BCUT2D eigenvalue weighted by molar-refractivity contribution is 0.481. The van der Waals surface area contributed by atoms with Crippen LogP contribution in [0.25, 0.3) is 0 Å². The zero-order valence-electron chi connectivity index (χ0n) is 9.66. The van der Waals surface area contributed by atoms with Crippen LogP contribution in [0.4, 0.5) is 0 Å². The Hall–Kier alpha value is -1.40. The molecule has 2 nitrogen and oxygen atoms in total. The highest BCUT2D eigenvalue weighted by Crippen LogP contribution is 2.31. The van der Waals surface area contributed by atoms with Gasteiger partial charge in [0.25, 0.3) is 0 Å². The molecule has 0 aliphatic heterocycles. The minimum absolute atomic E-state index is 0.349. The molecule has 0 unspecified atom stereocenters. The Kier molecular flexibility index (Phi) is 4.55. The number of hydrogen-bond donors (Lipinski definition) is 0. The lowest BCUT2D eigenvalue weighted by Gasteiger charge is -2.09. The van der Waals surface area contributed by atoms with Crippen molar-refractivity contribution in [2.24, 2.45) is 0 Å². The summed E-state index contributed by atoms with van der Waals surface area (Å²) in [5.74, 6) is 1.32. The van der Waals surface area contributed by atoms with Gasteiger partial charge in [-0.25, -0.2) is 0 Å². The molecule has 0 amide bonds. The van der Waals surface area contributed by atoms with Gasteiger partial charge in [0, 0.05) is 11.9 Å². The number of hydrogen-bond acceptors (Lipinski definition) is 2. The maximum Gasteiger partial charge on any atom is 0.145 e. The quantitative estimate of drug-likeness (QED) is 0.711. The summed E-state index contributed by atoms with van der Waals surface area (Å²) in [6.07, 6.45) is 0. The Morgan fingerprint density at radius 1 is 1.05 bits per heavy atom. The Morgan fingerprint density at radius 3 is 2.47 bits per heavy atom. The SMILES string of the molecule is N#Cc1cc(CCl)ccc1Oc1ccc(Cl)c(Cl)c1. The second-order valence-electron chi connectivity index (χ2n) is 3.75. The Labute approximate surface area is 126 Å². The van der Waals surface area contributed by atoms with Crippen LogP contribution in [0.5, 0.6) is 11.5 Å². The van der Waals surface area contributed by atoms with E-state index in [2.05, 4.69) is 6.07 Å². The first-order chi connectivity index (χ1) is 9.13. The van der Waals surface area contributed by atoms with E-state index in [1.54, 1.807) is 36.4 Å². The van der Waals surface area contributed by atoms with Crippen molar-refractivity contribution in [3.05, 3.63) is 57.6 Å². The summed E-state index contributed by atoms with van der Waals surface area (Å²) in [5, 5.41) is 9.94. The first-order valence-corrected chi connectivity index (χ1v) is 6.65. The van der Waals surface area contributed by atoms with E-state index >= 15 is 0 Å². The number of benzene rings is 2.